The van der Waals surface area contributed by atoms with Crippen LogP contribution in [0, 0.1) is 17.1 Å². The molecule has 0 bridgehead atoms. The summed E-state index contributed by atoms with van der Waals surface area (Å²) in [6.07, 6.45) is -4.40. The minimum absolute atomic E-state index is 0.0740. The third-order valence-corrected chi connectivity index (χ3v) is 2.59. The minimum Gasteiger partial charge on any atom is -0.354 e. The second-order valence-corrected chi connectivity index (χ2v) is 4.00. The van der Waals surface area contributed by atoms with Crippen molar-refractivity contribution in [1.82, 2.24) is 0 Å². The van der Waals surface area contributed by atoms with Gasteiger partial charge in [0, 0.05) is 5.69 Å². The molecule has 0 radical (unpaired) electrons. The first-order chi connectivity index (χ1) is 9.40. The molecule has 0 unspecified atom stereocenters. The van der Waals surface area contributed by atoms with E-state index in [4.69, 9.17) is 5.26 Å². The second-order valence-electron chi connectivity index (χ2n) is 4.00. The predicted octanol–water partition coefficient (Wildman–Crippen LogP) is 4.46. The molecule has 0 aliphatic carbocycles. The lowest BCUT2D eigenvalue weighted by Gasteiger charge is -2.10. The Bertz CT molecular complexity index is 654. The van der Waals surface area contributed by atoms with Crippen LogP contribution in [-0.4, -0.2) is 0 Å². The van der Waals surface area contributed by atoms with Gasteiger partial charge < -0.3 is 5.32 Å². The van der Waals surface area contributed by atoms with Crippen LogP contribution in [0.5, 0.6) is 0 Å². The summed E-state index contributed by atoms with van der Waals surface area (Å²) in [6, 6.07) is 9.71. The van der Waals surface area contributed by atoms with Gasteiger partial charge in [-0.3, -0.25) is 0 Å². The summed E-state index contributed by atoms with van der Waals surface area (Å²) in [6.45, 7) is 0. The average molecular weight is 280 g/mol. The summed E-state index contributed by atoms with van der Waals surface area (Å²) in [4.78, 5) is 0. The zero-order valence-electron chi connectivity index (χ0n) is 10.0. The highest BCUT2D eigenvalue weighted by atomic mass is 19.4. The van der Waals surface area contributed by atoms with Gasteiger partial charge in [0.15, 0.2) is 0 Å². The lowest BCUT2D eigenvalue weighted by molar-refractivity contribution is -0.137. The Kier molecular flexibility index (Phi) is 3.61. The van der Waals surface area contributed by atoms with Crippen molar-refractivity contribution in [1.29, 1.82) is 5.26 Å². The van der Waals surface area contributed by atoms with Crippen molar-refractivity contribution in [3.05, 3.63) is 59.4 Å². The smallest absolute Gasteiger partial charge is 0.354 e. The first kappa shape index (κ1) is 13.9. The quantitative estimate of drug-likeness (QED) is 0.824. The summed E-state index contributed by atoms with van der Waals surface area (Å²) >= 11 is 0. The molecule has 0 heterocycles. The number of alkyl halides is 3. The summed E-state index contributed by atoms with van der Waals surface area (Å²) in [7, 11) is 0. The molecular weight excluding hydrogens is 272 g/mol. The topological polar surface area (TPSA) is 35.8 Å². The van der Waals surface area contributed by atoms with Crippen LogP contribution in [0.1, 0.15) is 11.1 Å². The molecule has 0 aromatic heterocycles. The molecule has 0 saturated heterocycles. The van der Waals surface area contributed by atoms with Gasteiger partial charge >= 0.3 is 6.18 Å². The van der Waals surface area contributed by atoms with Gasteiger partial charge in [-0.05, 0) is 42.5 Å². The van der Waals surface area contributed by atoms with Gasteiger partial charge in [0.25, 0.3) is 0 Å². The molecule has 0 fully saturated rings. The van der Waals surface area contributed by atoms with Crippen molar-refractivity contribution in [3.63, 3.8) is 0 Å². The molecule has 2 aromatic carbocycles. The van der Waals surface area contributed by atoms with Crippen molar-refractivity contribution in [3.8, 4) is 6.07 Å². The van der Waals surface area contributed by atoms with E-state index in [1.54, 1.807) is 0 Å². The standard InChI is InChI=1S/C14H8F4N2/c15-11-3-6-13(9(7-11)8-19)20-12-4-1-10(2-5-12)14(16,17)18/h1-7,20H. The van der Waals surface area contributed by atoms with Crippen LogP contribution >= 0.6 is 0 Å². The van der Waals surface area contributed by atoms with Crippen LogP contribution in [0.3, 0.4) is 0 Å². The summed E-state index contributed by atoms with van der Waals surface area (Å²) < 4.78 is 50.2. The van der Waals surface area contributed by atoms with E-state index >= 15 is 0 Å². The molecule has 2 nitrogen and oxygen atoms in total. The number of hydrogen-bond acceptors (Lipinski definition) is 2. The van der Waals surface area contributed by atoms with E-state index in [9.17, 15) is 17.6 Å². The molecule has 2 aromatic rings. The highest BCUT2D eigenvalue weighted by Gasteiger charge is 2.29. The van der Waals surface area contributed by atoms with Crippen LogP contribution in [-0.2, 0) is 6.18 Å². The molecule has 0 amide bonds. The maximum absolute atomic E-state index is 13.0. The number of hydrogen-bond donors (Lipinski definition) is 1. The van der Waals surface area contributed by atoms with E-state index in [-0.39, 0.29) is 5.56 Å². The highest BCUT2D eigenvalue weighted by molar-refractivity contribution is 5.66. The van der Waals surface area contributed by atoms with Gasteiger partial charge in [-0.2, -0.15) is 18.4 Å². The van der Waals surface area contributed by atoms with Gasteiger partial charge in [0.1, 0.15) is 11.9 Å². The maximum atomic E-state index is 13.0. The SMILES string of the molecule is N#Cc1cc(F)ccc1Nc1ccc(C(F)(F)F)cc1. The summed E-state index contributed by atoms with van der Waals surface area (Å²) in [5, 5.41) is 11.6. The molecule has 2 rings (SSSR count). The van der Waals surface area contributed by atoms with Crippen LogP contribution in [0.25, 0.3) is 0 Å². The third kappa shape index (κ3) is 3.06. The molecule has 0 aliphatic heterocycles. The molecule has 0 atom stereocenters. The monoisotopic (exact) mass is 280 g/mol. The third-order valence-electron chi connectivity index (χ3n) is 2.59. The Hall–Kier alpha value is -2.55. The van der Waals surface area contributed by atoms with E-state index in [1.165, 1.54) is 18.2 Å². The molecule has 6 heteroatoms. The van der Waals surface area contributed by atoms with Gasteiger partial charge in [-0.25, -0.2) is 4.39 Å². The van der Waals surface area contributed by atoms with Crippen molar-refractivity contribution < 1.29 is 17.6 Å². The molecule has 20 heavy (non-hydrogen) atoms. The van der Waals surface area contributed by atoms with Crippen LogP contribution in [0.4, 0.5) is 28.9 Å². The normalized spacial score (nSPS) is 10.9. The number of rotatable bonds is 2. The van der Waals surface area contributed by atoms with Crippen molar-refractivity contribution >= 4 is 11.4 Å². The largest absolute Gasteiger partial charge is 0.416 e. The fourth-order valence-corrected chi connectivity index (χ4v) is 1.62. The van der Waals surface area contributed by atoms with Gasteiger partial charge in [-0.1, -0.05) is 0 Å². The second kappa shape index (κ2) is 5.21. The molecule has 0 aliphatic rings. The number of benzene rings is 2. The van der Waals surface area contributed by atoms with Gasteiger partial charge in [0.2, 0.25) is 0 Å². The maximum Gasteiger partial charge on any atom is 0.416 e. The zero-order chi connectivity index (χ0) is 14.8. The van der Waals surface area contributed by atoms with Gasteiger partial charge in [0.05, 0.1) is 16.8 Å². The Labute approximate surface area is 112 Å². The Morgan fingerprint density at radius 2 is 1.65 bits per heavy atom. The van der Waals surface area contributed by atoms with E-state index < -0.39 is 17.6 Å². The summed E-state index contributed by atoms with van der Waals surface area (Å²) in [5.74, 6) is -0.556. The van der Waals surface area contributed by atoms with Crippen molar-refractivity contribution in [2.24, 2.45) is 0 Å². The van der Waals surface area contributed by atoms with Crippen molar-refractivity contribution in [2.45, 2.75) is 6.18 Å². The molecule has 0 saturated carbocycles. The van der Waals surface area contributed by atoms with E-state index in [1.807, 2.05) is 6.07 Å². The molecule has 102 valence electrons. The first-order valence-electron chi connectivity index (χ1n) is 5.54. The fourth-order valence-electron chi connectivity index (χ4n) is 1.62. The minimum atomic E-state index is -4.40. The number of nitrogens with one attached hydrogen (secondary N) is 1. The molecular formula is C14H8F4N2. The van der Waals surface area contributed by atoms with E-state index in [0.29, 0.717) is 11.4 Å². The molecule has 1 N–H and O–H groups in total. The lowest BCUT2D eigenvalue weighted by atomic mass is 10.1. The zero-order valence-corrected chi connectivity index (χ0v) is 10.0. The number of nitrogens with zero attached hydrogens (tertiary/aromatic N) is 1. The van der Waals surface area contributed by atoms with Crippen molar-refractivity contribution in [2.75, 3.05) is 5.32 Å². The highest BCUT2D eigenvalue weighted by Crippen LogP contribution is 2.30. The number of anilines is 2. The Balaban J connectivity index is 2.25. The average Bonchev–Trinajstić information content (AvgIpc) is 2.40. The Morgan fingerprint density at radius 1 is 1.00 bits per heavy atom. The Morgan fingerprint density at radius 3 is 2.20 bits per heavy atom. The number of halogens is 4. The predicted molar refractivity (Wildman–Crippen MR) is 65.8 cm³/mol. The lowest BCUT2D eigenvalue weighted by Crippen LogP contribution is -2.04. The summed E-state index contributed by atoms with van der Waals surface area (Å²) in [5.41, 5.74) is 0.0160. The molecule has 0 spiro atoms. The number of nitriles is 1. The van der Waals surface area contributed by atoms with E-state index in [2.05, 4.69) is 5.32 Å². The first-order valence-corrected chi connectivity index (χ1v) is 5.54. The van der Waals surface area contributed by atoms with Crippen LogP contribution < -0.4 is 5.32 Å². The van der Waals surface area contributed by atoms with E-state index in [0.717, 1.165) is 24.3 Å². The van der Waals surface area contributed by atoms with Crippen LogP contribution in [0.15, 0.2) is 42.5 Å². The van der Waals surface area contributed by atoms with Crippen LogP contribution in [0.2, 0.25) is 0 Å². The fraction of sp³-hybridized carbons (Fsp3) is 0.0714. The van der Waals surface area contributed by atoms with Gasteiger partial charge in [-0.15, -0.1) is 0 Å².